The van der Waals surface area contributed by atoms with Crippen LogP contribution in [0.25, 0.3) is 0 Å². The lowest BCUT2D eigenvalue weighted by Gasteiger charge is -2.13. The van der Waals surface area contributed by atoms with Gasteiger partial charge in [0.05, 0.1) is 12.7 Å². The topological polar surface area (TPSA) is 129 Å². The minimum atomic E-state index is -1.16. The van der Waals surface area contributed by atoms with Crippen LogP contribution in [0.15, 0.2) is 36.0 Å². The zero-order valence-electron chi connectivity index (χ0n) is 14.3. The summed E-state index contributed by atoms with van der Waals surface area (Å²) >= 11 is 1.46. The monoisotopic (exact) mass is 377 g/mol. The van der Waals surface area contributed by atoms with Crippen LogP contribution in [0.5, 0.6) is 0 Å². The molecule has 3 N–H and O–H groups in total. The van der Waals surface area contributed by atoms with E-state index in [1.807, 2.05) is 6.26 Å². The smallest absolute Gasteiger partial charge is 0.337 e. The van der Waals surface area contributed by atoms with Gasteiger partial charge in [0.2, 0.25) is 0 Å². The molecule has 0 heterocycles. The first kappa shape index (κ1) is 21.1. The second-order valence-corrected chi connectivity index (χ2v) is 6.02. The summed E-state index contributed by atoms with van der Waals surface area (Å²) in [5.41, 5.74) is 0.478. The largest absolute Gasteiger partial charge is 0.480 e. The molecule has 0 bridgehead atoms. The van der Waals surface area contributed by atoms with Crippen molar-refractivity contribution >= 4 is 35.3 Å². The van der Waals surface area contributed by atoms with Gasteiger partial charge in [-0.25, -0.2) is 9.59 Å². The molecule has 1 rings (SSSR count). The number of carbonyl (C=O) groups excluding carboxylic acids is 2. The highest BCUT2D eigenvalue weighted by Crippen LogP contribution is 2.12. The van der Waals surface area contributed by atoms with Crippen molar-refractivity contribution < 1.29 is 24.2 Å². The van der Waals surface area contributed by atoms with E-state index in [4.69, 9.17) is 10.4 Å². The van der Waals surface area contributed by atoms with E-state index in [1.165, 1.54) is 24.9 Å². The normalized spacial score (nSPS) is 11.8. The molecule has 0 spiro atoms. The SMILES string of the molecule is COC(=O)c1cccc(N/C=C(/C#N)C(=O)NC(CCSC)C(=O)O)c1. The standard InChI is InChI=1S/C17H19N3O5S/c1-25-17(24)11-4-3-5-13(8-11)19-10-12(9-18)15(21)20-14(16(22)23)6-7-26-2/h3-5,8,10,14,19H,6-7H2,1-2H3,(H,20,21)(H,22,23)/b12-10-. The molecule has 1 amide bonds. The molecular formula is C17H19N3O5S. The Morgan fingerprint density at radius 3 is 2.73 bits per heavy atom. The van der Waals surface area contributed by atoms with Crippen molar-refractivity contribution in [3.05, 3.63) is 41.6 Å². The maximum Gasteiger partial charge on any atom is 0.337 e. The first-order valence-electron chi connectivity index (χ1n) is 7.50. The number of nitrogens with one attached hydrogen (secondary N) is 2. The zero-order chi connectivity index (χ0) is 19.5. The molecule has 0 radical (unpaired) electrons. The quantitative estimate of drug-likeness (QED) is 0.336. The van der Waals surface area contributed by atoms with Crippen LogP contribution in [-0.2, 0) is 14.3 Å². The Morgan fingerprint density at radius 1 is 1.42 bits per heavy atom. The number of esters is 1. The summed E-state index contributed by atoms with van der Waals surface area (Å²) in [7, 11) is 1.26. The molecule has 0 saturated carbocycles. The van der Waals surface area contributed by atoms with Gasteiger partial charge in [0.15, 0.2) is 0 Å². The Bertz CT molecular complexity index is 742. The molecule has 0 fully saturated rings. The van der Waals surface area contributed by atoms with Crippen molar-refractivity contribution in [2.45, 2.75) is 12.5 Å². The minimum Gasteiger partial charge on any atom is -0.480 e. The molecule has 0 aromatic heterocycles. The number of amides is 1. The number of thioether (sulfide) groups is 1. The van der Waals surface area contributed by atoms with Gasteiger partial charge in [0.1, 0.15) is 17.7 Å². The highest BCUT2D eigenvalue weighted by atomic mass is 32.2. The molecule has 26 heavy (non-hydrogen) atoms. The first-order chi connectivity index (χ1) is 12.4. The summed E-state index contributed by atoms with van der Waals surface area (Å²) in [6.45, 7) is 0. The van der Waals surface area contributed by atoms with E-state index < -0.39 is 23.9 Å². The number of hydrogen-bond acceptors (Lipinski definition) is 7. The maximum atomic E-state index is 12.1. The van der Waals surface area contributed by atoms with Crippen molar-refractivity contribution in [1.82, 2.24) is 5.32 Å². The summed E-state index contributed by atoms with van der Waals surface area (Å²) in [5, 5.41) is 23.3. The molecule has 9 heteroatoms. The lowest BCUT2D eigenvalue weighted by Crippen LogP contribution is -2.41. The van der Waals surface area contributed by atoms with Crippen LogP contribution < -0.4 is 10.6 Å². The fraction of sp³-hybridized carbons (Fsp3) is 0.294. The van der Waals surface area contributed by atoms with E-state index in [-0.39, 0.29) is 12.0 Å². The molecule has 0 saturated heterocycles. The number of methoxy groups -OCH3 is 1. The van der Waals surface area contributed by atoms with Gasteiger partial charge >= 0.3 is 11.9 Å². The predicted molar refractivity (Wildman–Crippen MR) is 97.7 cm³/mol. The summed E-state index contributed by atoms with van der Waals surface area (Å²) in [4.78, 5) is 34.8. The predicted octanol–water partition coefficient (Wildman–Crippen LogP) is 1.62. The van der Waals surface area contributed by atoms with Gasteiger partial charge in [-0.3, -0.25) is 4.79 Å². The number of nitrogens with zero attached hydrogens (tertiary/aromatic N) is 1. The Hall–Kier alpha value is -2.99. The van der Waals surface area contributed by atoms with Gasteiger partial charge in [-0.2, -0.15) is 17.0 Å². The summed E-state index contributed by atoms with van der Waals surface area (Å²) in [6, 6.07) is 6.94. The van der Waals surface area contributed by atoms with Crippen LogP contribution in [0.2, 0.25) is 0 Å². The molecule has 138 valence electrons. The Labute approximate surface area is 155 Å². The molecule has 1 aromatic rings. The van der Waals surface area contributed by atoms with Crippen molar-refractivity contribution in [1.29, 1.82) is 5.26 Å². The molecular weight excluding hydrogens is 358 g/mol. The maximum absolute atomic E-state index is 12.1. The van der Waals surface area contributed by atoms with Gasteiger partial charge in [0, 0.05) is 11.9 Å². The van der Waals surface area contributed by atoms with Crippen molar-refractivity contribution in [2.24, 2.45) is 0 Å². The number of carbonyl (C=O) groups is 3. The number of rotatable bonds is 9. The molecule has 0 aliphatic rings. The number of carboxylic acids is 1. The number of hydrogen-bond donors (Lipinski definition) is 3. The lowest BCUT2D eigenvalue weighted by molar-refractivity contribution is -0.141. The van der Waals surface area contributed by atoms with E-state index in [0.717, 1.165) is 6.20 Å². The zero-order valence-corrected chi connectivity index (χ0v) is 15.1. The number of carboxylic acid groups (broad SMARTS) is 1. The molecule has 1 atom stereocenters. The highest BCUT2D eigenvalue weighted by molar-refractivity contribution is 7.98. The number of benzene rings is 1. The Morgan fingerprint density at radius 2 is 2.15 bits per heavy atom. The van der Waals surface area contributed by atoms with Crippen LogP contribution in [0.1, 0.15) is 16.8 Å². The second kappa shape index (κ2) is 10.8. The molecule has 8 nitrogen and oxygen atoms in total. The highest BCUT2D eigenvalue weighted by Gasteiger charge is 2.21. The third kappa shape index (κ3) is 6.49. The van der Waals surface area contributed by atoms with E-state index in [1.54, 1.807) is 24.3 Å². The molecule has 1 aromatic carbocycles. The van der Waals surface area contributed by atoms with Crippen LogP contribution in [0.4, 0.5) is 5.69 Å². The summed E-state index contributed by atoms with van der Waals surface area (Å²) in [5.74, 6) is -1.92. The average Bonchev–Trinajstić information content (AvgIpc) is 2.64. The lowest BCUT2D eigenvalue weighted by atomic mass is 10.2. The number of anilines is 1. The fourth-order valence-electron chi connectivity index (χ4n) is 1.89. The molecule has 0 aliphatic heterocycles. The van der Waals surface area contributed by atoms with Gasteiger partial charge in [-0.05, 0) is 36.6 Å². The van der Waals surface area contributed by atoms with Crippen LogP contribution in [0.3, 0.4) is 0 Å². The first-order valence-corrected chi connectivity index (χ1v) is 8.90. The fourth-order valence-corrected chi connectivity index (χ4v) is 2.36. The second-order valence-electron chi connectivity index (χ2n) is 5.03. The van der Waals surface area contributed by atoms with E-state index in [0.29, 0.717) is 17.0 Å². The van der Waals surface area contributed by atoms with Crippen LogP contribution in [-0.4, -0.2) is 48.1 Å². The number of ether oxygens (including phenoxy) is 1. The molecule has 1 unspecified atom stereocenters. The van der Waals surface area contributed by atoms with E-state index >= 15 is 0 Å². The van der Waals surface area contributed by atoms with Crippen LogP contribution >= 0.6 is 11.8 Å². The third-order valence-corrected chi connectivity index (χ3v) is 3.89. The van der Waals surface area contributed by atoms with E-state index in [2.05, 4.69) is 15.4 Å². The van der Waals surface area contributed by atoms with E-state index in [9.17, 15) is 14.4 Å². The van der Waals surface area contributed by atoms with Crippen molar-refractivity contribution in [2.75, 3.05) is 24.4 Å². The Balaban J connectivity index is 2.84. The summed E-state index contributed by atoms with van der Waals surface area (Å²) < 4.78 is 4.62. The van der Waals surface area contributed by atoms with Crippen molar-refractivity contribution in [3.8, 4) is 6.07 Å². The third-order valence-electron chi connectivity index (χ3n) is 3.25. The minimum absolute atomic E-state index is 0.246. The van der Waals surface area contributed by atoms with Crippen molar-refractivity contribution in [3.63, 3.8) is 0 Å². The summed E-state index contributed by atoms with van der Waals surface area (Å²) in [6.07, 6.45) is 3.22. The van der Waals surface area contributed by atoms with Gasteiger partial charge in [0.25, 0.3) is 5.91 Å². The van der Waals surface area contributed by atoms with Gasteiger partial charge in [-0.1, -0.05) is 6.07 Å². The van der Waals surface area contributed by atoms with Gasteiger partial charge in [-0.15, -0.1) is 0 Å². The number of aliphatic carboxylic acids is 1. The van der Waals surface area contributed by atoms with Gasteiger partial charge < -0.3 is 20.5 Å². The number of nitriles is 1. The van der Waals surface area contributed by atoms with Crippen LogP contribution in [0, 0.1) is 11.3 Å². The average molecular weight is 377 g/mol. The molecule has 0 aliphatic carbocycles. The Kier molecular flexibility index (Phi) is 8.74.